The third kappa shape index (κ3) is 7.28. The Morgan fingerprint density at radius 1 is 1.08 bits per heavy atom. The van der Waals surface area contributed by atoms with Crippen LogP contribution in [0, 0.1) is 4.77 Å². The van der Waals surface area contributed by atoms with Crippen LogP contribution in [0.5, 0.6) is 0 Å². The molecule has 38 heavy (non-hydrogen) atoms. The molecule has 1 aliphatic heterocycles. The van der Waals surface area contributed by atoms with Crippen molar-refractivity contribution in [1.29, 1.82) is 0 Å². The van der Waals surface area contributed by atoms with Crippen molar-refractivity contribution in [1.82, 2.24) is 14.9 Å². The molecule has 0 unspecified atom stereocenters. The van der Waals surface area contributed by atoms with Crippen molar-refractivity contribution in [3.05, 3.63) is 63.2 Å². The Bertz CT molecular complexity index is 1490. The number of nitrogens with two attached hydrogens (primary N) is 1. The van der Waals surface area contributed by atoms with E-state index in [0.29, 0.717) is 55.7 Å². The summed E-state index contributed by atoms with van der Waals surface area (Å²) in [6, 6.07) is 12.1. The number of hydrogen-bond acceptors (Lipinski definition) is 7. The SMILES string of the molecule is NS(=O)(=O)c1ccc(CCNC(=O)CCCCCn2c(=S)[nH]c3ccc(N4CCOCC4)cc3c2=O)cc1. The number of carbonyl (C=O) groups excluding carboxylic acids is 1. The van der Waals surface area contributed by atoms with Gasteiger partial charge in [-0.2, -0.15) is 0 Å². The normalized spacial score (nSPS) is 14.1. The number of ether oxygens (including phenoxy) is 1. The maximum absolute atomic E-state index is 13.2. The average molecular weight is 560 g/mol. The number of amides is 1. The lowest BCUT2D eigenvalue weighted by molar-refractivity contribution is -0.121. The van der Waals surface area contributed by atoms with Crippen LogP contribution in [0.25, 0.3) is 10.9 Å². The highest BCUT2D eigenvalue weighted by molar-refractivity contribution is 7.89. The summed E-state index contributed by atoms with van der Waals surface area (Å²) < 4.78 is 30.1. The monoisotopic (exact) mass is 559 g/mol. The second-order valence-electron chi connectivity index (χ2n) is 9.32. The number of benzene rings is 2. The Balaban J connectivity index is 1.22. The maximum Gasteiger partial charge on any atom is 0.262 e. The topological polar surface area (TPSA) is 140 Å². The molecule has 12 heteroatoms. The van der Waals surface area contributed by atoms with E-state index in [4.69, 9.17) is 22.1 Å². The first-order valence-corrected chi connectivity index (χ1v) is 14.7. The van der Waals surface area contributed by atoms with E-state index < -0.39 is 10.0 Å². The van der Waals surface area contributed by atoms with Gasteiger partial charge in [0.15, 0.2) is 4.77 Å². The van der Waals surface area contributed by atoms with Gasteiger partial charge in [0.05, 0.1) is 29.0 Å². The molecule has 10 nitrogen and oxygen atoms in total. The van der Waals surface area contributed by atoms with E-state index >= 15 is 0 Å². The Labute approximate surface area is 226 Å². The first-order valence-electron chi connectivity index (χ1n) is 12.7. The molecule has 0 bridgehead atoms. The number of fused-ring (bicyclic) bond motifs is 1. The first-order chi connectivity index (χ1) is 18.2. The fourth-order valence-electron chi connectivity index (χ4n) is 4.47. The molecule has 1 aromatic heterocycles. The fraction of sp³-hybridized carbons (Fsp3) is 0.423. The number of unbranched alkanes of at least 4 members (excludes halogenated alkanes) is 2. The second kappa shape index (κ2) is 12.7. The van der Waals surface area contributed by atoms with Crippen molar-refractivity contribution < 1.29 is 17.9 Å². The van der Waals surface area contributed by atoms with Crippen molar-refractivity contribution in [3.8, 4) is 0 Å². The lowest BCUT2D eigenvalue weighted by Gasteiger charge is -2.29. The summed E-state index contributed by atoms with van der Waals surface area (Å²) in [5, 5.41) is 8.60. The highest BCUT2D eigenvalue weighted by Gasteiger charge is 2.14. The Morgan fingerprint density at radius 3 is 2.53 bits per heavy atom. The molecule has 2 heterocycles. The molecule has 0 atom stereocenters. The van der Waals surface area contributed by atoms with Crippen LogP contribution in [-0.4, -0.2) is 56.7 Å². The number of H-pyrrole nitrogens is 1. The zero-order valence-corrected chi connectivity index (χ0v) is 22.8. The number of aromatic nitrogens is 2. The molecule has 1 amide bonds. The van der Waals surface area contributed by atoms with Crippen molar-refractivity contribution in [2.45, 2.75) is 43.5 Å². The van der Waals surface area contributed by atoms with Crippen LogP contribution in [0.4, 0.5) is 5.69 Å². The molecule has 4 N–H and O–H groups in total. The number of sulfonamides is 1. The molecule has 0 saturated carbocycles. The molecule has 4 rings (SSSR count). The van der Waals surface area contributed by atoms with Gasteiger partial charge in [-0.15, -0.1) is 0 Å². The highest BCUT2D eigenvalue weighted by atomic mass is 32.2. The number of carbonyl (C=O) groups is 1. The zero-order chi connectivity index (χ0) is 27.1. The standard InChI is InChI=1S/C26H33N5O5S2/c27-38(34,35)21-8-5-19(6-9-21)11-12-28-24(32)4-2-1-3-13-31-25(33)22-18-20(30-14-16-36-17-15-30)7-10-23(22)29-26(31)37/h5-10,18H,1-4,11-17H2,(H,28,32)(H,29,37)(H2,27,34,35). The van der Waals surface area contributed by atoms with Crippen LogP contribution >= 0.6 is 12.2 Å². The minimum absolute atomic E-state index is 0.0398. The smallest absolute Gasteiger partial charge is 0.262 e. The van der Waals surface area contributed by atoms with Crippen LogP contribution in [0.3, 0.4) is 0 Å². The van der Waals surface area contributed by atoms with E-state index in [1.54, 1.807) is 16.7 Å². The van der Waals surface area contributed by atoms with Crippen LogP contribution in [0.1, 0.15) is 31.2 Å². The van der Waals surface area contributed by atoms with E-state index in [1.807, 2.05) is 18.2 Å². The molecular weight excluding hydrogens is 526 g/mol. The number of morpholine rings is 1. The third-order valence-corrected chi connectivity index (χ3v) is 7.87. The second-order valence-corrected chi connectivity index (χ2v) is 11.3. The number of primary sulfonamides is 1. The van der Waals surface area contributed by atoms with Gasteiger partial charge in [0.2, 0.25) is 15.9 Å². The van der Waals surface area contributed by atoms with Gasteiger partial charge in [0, 0.05) is 38.3 Å². The van der Waals surface area contributed by atoms with Gasteiger partial charge in [0.25, 0.3) is 5.56 Å². The van der Waals surface area contributed by atoms with Crippen LogP contribution in [0.15, 0.2) is 52.2 Å². The van der Waals surface area contributed by atoms with Gasteiger partial charge >= 0.3 is 0 Å². The van der Waals surface area contributed by atoms with Crippen LogP contribution < -0.4 is 20.9 Å². The van der Waals surface area contributed by atoms with Crippen molar-refractivity contribution >= 4 is 44.7 Å². The lowest BCUT2D eigenvalue weighted by Crippen LogP contribution is -2.36. The average Bonchev–Trinajstić information content (AvgIpc) is 2.90. The predicted octanol–water partition coefficient (Wildman–Crippen LogP) is 2.46. The van der Waals surface area contributed by atoms with Gasteiger partial charge in [0.1, 0.15) is 0 Å². The Hall–Kier alpha value is -3.06. The first kappa shape index (κ1) is 28.0. The Morgan fingerprint density at radius 2 is 1.82 bits per heavy atom. The number of nitrogens with zero attached hydrogens (tertiary/aromatic N) is 2. The molecule has 1 fully saturated rings. The molecule has 3 aromatic rings. The summed E-state index contributed by atoms with van der Waals surface area (Å²) in [5.41, 5.74) is 2.53. The van der Waals surface area contributed by atoms with E-state index in [0.717, 1.165) is 42.7 Å². The molecule has 204 valence electrons. The van der Waals surface area contributed by atoms with Gasteiger partial charge in [-0.1, -0.05) is 18.6 Å². The van der Waals surface area contributed by atoms with Crippen LogP contribution in [-0.2, 0) is 32.5 Å². The highest BCUT2D eigenvalue weighted by Crippen LogP contribution is 2.20. The summed E-state index contributed by atoms with van der Waals surface area (Å²) >= 11 is 5.44. The van der Waals surface area contributed by atoms with E-state index in [1.165, 1.54) is 12.1 Å². The summed E-state index contributed by atoms with van der Waals surface area (Å²) in [4.78, 5) is 30.8. The molecule has 2 aromatic carbocycles. The number of hydrogen-bond donors (Lipinski definition) is 3. The maximum atomic E-state index is 13.2. The Kier molecular flexibility index (Phi) is 9.31. The summed E-state index contributed by atoms with van der Waals surface area (Å²) in [6.07, 6.45) is 3.21. The van der Waals surface area contributed by atoms with Gasteiger partial charge in [-0.3, -0.25) is 14.2 Å². The summed E-state index contributed by atoms with van der Waals surface area (Å²) in [6.45, 7) is 3.89. The molecule has 0 spiro atoms. The summed E-state index contributed by atoms with van der Waals surface area (Å²) in [7, 11) is -3.71. The van der Waals surface area contributed by atoms with Crippen LogP contribution in [0.2, 0.25) is 0 Å². The van der Waals surface area contributed by atoms with E-state index in [-0.39, 0.29) is 16.4 Å². The third-order valence-electron chi connectivity index (χ3n) is 6.61. The van der Waals surface area contributed by atoms with E-state index in [2.05, 4.69) is 15.2 Å². The van der Waals surface area contributed by atoms with Crippen molar-refractivity contribution in [2.24, 2.45) is 5.14 Å². The van der Waals surface area contributed by atoms with Gasteiger partial charge in [-0.25, -0.2) is 13.6 Å². The van der Waals surface area contributed by atoms with Crippen molar-refractivity contribution in [3.63, 3.8) is 0 Å². The molecular formula is C26H33N5O5S2. The summed E-state index contributed by atoms with van der Waals surface area (Å²) in [5.74, 6) is -0.0398. The minimum Gasteiger partial charge on any atom is -0.378 e. The molecule has 0 radical (unpaired) electrons. The van der Waals surface area contributed by atoms with E-state index in [9.17, 15) is 18.0 Å². The van der Waals surface area contributed by atoms with Crippen molar-refractivity contribution in [2.75, 3.05) is 37.7 Å². The zero-order valence-electron chi connectivity index (χ0n) is 21.1. The molecule has 1 aliphatic rings. The number of anilines is 1. The predicted molar refractivity (Wildman–Crippen MR) is 149 cm³/mol. The molecule has 0 aliphatic carbocycles. The largest absolute Gasteiger partial charge is 0.378 e. The fourth-order valence-corrected chi connectivity index (χ4v) is 5.27. The number of aromatic amines is 1. The quantitative estimate of drug-likeness (QED) is 0.242. The lowest BCUT2D eigenvalue weighted by atomic mass is 10.1. The number of nitrogens with one attached hydrogen (secondary N) is 2. The molecule has 1 saturated heterocycles. The number of rotatable bonds is 11. The minimum atomic E-state index is -3.71. The van der Waals surface area contributed by atoms with Gasteiger partial charge < -0.3 is 19.9 Å². The van der Waals surface area contributed by atoms with Gasteiger partial charge in [-0.05, 0) is 67.4 Å².